The van der Waals surface area contributed by atoms with E-state index in [0.29, 0.717) is 0 Å². The van der Waals surface area contributed by atoms with Crippen LogP contribution in [0.15, 0.2) is 83.3 Å². The first-order chi connectivity index (χ1) is 12.7. The summed E-state index contributed by atoms with van der Waals surface area (Å²) in [5.41, 5.74) is 5.47. The summed E-state index contributed by atoms with van der Waals surface area (Å²) >= 11 is 3.62. The van der Waals surface area contributed by atoms with E-state index < -0.39 is 0 Å². The van der Waals surface area contributed by atoms with Crippen molar-refractivity contribution in [2.75, 3.05) is 20.1 Å². The third-order valence-electron chi connectivity index (χ3n) is 4.77. The van der Waals surface area contributed by atoms with Gasteiger partial charge >= 0.3 is 0 Å². The van der Waals surface area contributed by atoms with E-state index in [0.717, 1.165) is 30.4 Å². The summed E-state index contributed by atoms with van der Waals surface area (Å²) < 4.78 is 1.14. The molecule has 0 aliphatic heterocycles. The lowest BCUT2D eigenvalue weighted by molar-refractivity contribution is 0.333. The van der Waals surface area contributed by atoms with Crippen molar-refractivity contribution in [2.45, 2.75) is 19.3 Å². The van der Waals surface area contributed by atoms with Crippen molar-refractivity contribution in [1.29, 1.82) is 0 Å². The van der Waals surface area contributed by atoms with Crippen LogP contribution < -0.4 is 0 Å². The van der Waals surface area contributed by atoms with Crippen LogP contribution in [0.1, 0.15) is 17.5 Å². The molecule has 3 aromatic carbocycles. The summed E-state index contributed by atoms with van der Waals surface area (Å²) in [5.74, 6) is 0. The number of halogens is 1. The number of likely N-dealkylation sites (N-methyl/N-ethyl adjacent to an activating group) is 1. The van der Waals surface area contributed by atoms with Crippen molar-refractivity contribution < 1.29 is 0 Å². The summed E-state index contributed by atoms with van der Waals surface area (Å²) in [5, 5.41) is 0. The first-order valence-corrected chi connectivity index (χ1v) is 10.1. The number of hydrogen-bond acceptors (Lipinski definition) is 1. The highest BCUT2D eigenvalue weighted by atomic mass is 79.9. The van der Waals surface area contributed by atoms with Crippen molar-refractivity contribution in [3.8, 4) is 11.1 Å². The Balaban J connectivity index is 1.55. The molecule has 26 heavy (non-hydrogen) atoms. The van der Waals surface area contributed by atoms with Gasteiger partial charge in [-0.3, -0.25) is 0 Å². The van der Waals surface area contributed by atoms with Crippen LogP contribution >= 0.6 is 15.9 Å². The average molecular weight is 408 g/mol. The Labute approximate surface area is 165 Å². The first-order valence-electron chi connectivity index (χ1n) is 9.29. The molecule has 0 saturated carbocycles. The van der Waals surface area contributed by atoms with Gasteiger partial charge in [-0.15, -0.1) is 0 Å². The van der Waals surface area contributed by atoms with Gasteiger partial charge in [0.05, 0.1) is 0 Å². The molecule has 0 aliphatic rings. The summed E-state index contributed by atoms with van der Waals surface area (Å²) in [7, 11) is 2.22. The highest BCUT2D eigenvalue weighted by molar-refractivity contribution is 9.10. The third-order valence-corrected chi connectivity index (χ3v) is 5.26. The maximum absolute atomic E-state index is 3.62. The van der Waals surface area contributed by atoms with Crippen molar-refractivity contribution in [1.82, 2.24) is 4.90 Å². The Morgan fingerprint density at radius 2 is 1.46 bits per heavy atom. The van der Waals surface area contributed by atoms with E-state index in [4.69, 9.17) is 0 Å². The molecule has 0 aliphatic carbocycles. The Bertz CT molecular complexity index is 799. The maximum Gasteiger partial charge on any atom is 0.0181 e. The number of benzene rings is 3. The van der Waals surface area contributed by atoms with Crippen molar-refractivity contribution in [3.63, 3.8) is 0 Å². The van der Waals surface area contributed by atoms with Crippen LogP contribution in [-0.4, -0.2) is 25.0 Å². The van der Waals surface area contributed by atoms with Crippen LogP contribution in [0, 0.1) is 0 Å². The van der Waals surface area contributed by atoms with Crippen molar-refractivity contribution in [2.24, 2.45) is 0 Å². The molecule has 0 saturated heterocycles. The standard InChI is InChI=1S/C24H26BrN/c1-26(18-16-20-9-4-2-5-10-20)17-8-13-22-14-15-23(25)19-24(22)21-11-6-3-7-12-21/h2-7,9-12,14-15,19H,8,13,16-18H2,1H3. The van der Waals surface area contributed by atoms with Gasteiger partial charge in [0.1, 0.15) is 0 Å². The van der Waals surface area contributed by atoms with Gasteiger partial charge in [0.15, 0.2) is 0 Å². The SMILES string of the molecule is CN(CCCc1ccc(Br)cc1-c1ccccc1)CCc1ccccc1. The van der Waals surface area contributed by atoms with E-state index >= 15 is 0 Å². The Hall–Kier alpha value is -1.90. The van der Waals surface area contributed by atoms with Crippen LogP contribution in [0.2, 0.25) is 0 Å². The largest absolute Gasteiger partial charge is 0.306 e. The molecule has 0 radical (unpaired) electrons. The summed E-state index contributed by atoms with van der Waals surface area (Å²) in [4.78, 5) is 2.44. The summed E-state index contributed by atoms with van der Waals surface area (Å²) in [6, 6.07) is 28.1. The van der Waals surface area contributed by atoms with E-state index in [1.54, 1.807) is 0 Å². The van der Waals surface area contributed by atoms with E-state index in [9.17, 15) is 0 Å². The molecule has 0 unspecified atom stereocenters. The fourth-order valence-electron chi connectivity index (χ4n) is 3.27. The third kappa shape index (κ3) is 5.55. The van der Waals surface area contributed by atoms with Gasteiger partial charge in [-0.05, 0) is 67.2 Å². The molecule has 1 nitrogen and oxygen atoms in total. The van der Waals surface area contributed by atoms with Gasteiger partial charge in [-0.25, -0.2) is 0 Å². The van der Waals surface area contributed by atoms with E-state index in [1.165, 1.54) is 28.7 Å². The number of aryl methyl sites for hydroxylation is 1. The fraction of sp³-hybridized carbons (Fsp3) is 0.250. The molecule has 0 bridgehead atoms. The number of hydrogen-bond donors (Lipinski definition) is 0. The maximum atomic E-state index is 3.62. The minimum atomic E-state index is 1.10. The fourth-order valence-corrected chi connectivity index (χ4v) is 3.63. The smallest absolute Gasteiger partial charge is 0.0181 e. The predicted octanol–water partition coefficient (Wildman–Crippen LogP) is 6.22. The molecule has 0 amide bonds. The van der Waals surface area contributed by atoms with Crippen LogP contribution in [0.25, 0.3) is 11.1 Å². The highest BCUT2D eigenvalue weighted by Crippen LogP contribution is 2.28. The Kier molecular flexibility index (Phi) is 7.04. The normalized spacial score (nSPS) is 11.0. The molecule has 0 heterocycles. The first kappa shape index (κ1) is 18.9. The van der Waals surface area contributed by atoms with Crippen LogP contribution in [0.4, 0.5) is 0 Å². The molecular formula is C24H26BrN. The molecule has 3 aromatic rings. The molecular weight excluding hydrogens is 382 g/mol. The number of rotatable bonds is 8. The second-order valence-corrected chi connectivity index (χ2v) is 7.73. The molecule has 134 valence electrons. The van der Waals surface area contributed by atoms with Gasteiger partial charge in [0.2, 0.25) is 0 Å². The van der Waals surface area contributed by atoms with E-state index in [2.05, 4.69) is 107 Å². The molecule has 0 fully saturated rings. The van der Waals surface area contributed by atoms with Gasteiger partial charge in [-0.1, -0.05) is 82.7 Å². The molecule has 3 rings (SSSR count). The molecule has 0 atom stereocenters. The van der Waals surface area contributed by atoms with Crippen molar-refractivity contribution in [3.05, 3.63) is 94.5 Å². The zero-order valence-electron chi connectivity index (χ0n) is 15.4. The zero-order chi connectivity index (χ0) is 18.2. The quantitative estimate of drug-likeness (QED) is 0.428. The predicted molar refractivity (Wildman–Crippen MR) is 116 cm³/mol. The Morgan fingerprint density at radius 3 is 2.19 bits per heavy atom. The summed E-state index contributed by atoms with van der Waals surface area (Å²) in [6.07, 6.45) is 3.39. The Morgan fingerprint density at radius 1 is 0.769 bits per heavy atom. The summed E-state index contributed by atoms with van der Waals surface area (Å²) in [6.45, 7) is 2.23. The lowest BCUT2D eigenvalue weighted by atomic mass is 9.97. The molecule has 0 aromatic heterocycles. The molecule has 0 N–H and O–H groups in total. The lowest BCUT2D eigenvalue weighted by Gasteiger charge is -2.17. The van der Waals surface area contributed by atoms with Gasteiger partial charge < -0.3 is 4.90 Å². The van der Waals surface area contributed by atoms with E-state index in [-0.39, 0.29) is 0 Å². The monoisotopic (exact) mass is 407 g/mol. The zero-order valence-corrected chi connectivity index (χ0v) is 17.0. The number of nitrogens with zero attached hydrogens (tertiary/aromatic N) is 1. The second-order valence-electron chi connectivity index (χ2n) is 6.81. The lowest BCUT2D eigenvalue weighted by Crippen LogP contribution is -2.22. The van der Waals surface area contributed by atoms with Crippen molar-refractivity contribution >= 4 is 15.9 Å². The highest BCUT2D eigenvalue weighted by Gasteiger charge is 2.07. The van der Waals surface area contributed by atoms with Gasteiger partial charge in [0, 0.05) is 11.0 Å². The molecule has 0 spiro atoms. The average Bonchev–Trinajstić information content (AvgIpc) is 2.69. The van der Waals surface area contributed by atoms with E-state index in [1.807, 2.05) is 0 Å². The minimum absolute atomic E-state index is 1.10. The second kappa shape index (κ2) is 9.70. The van der Waals surface area contributed by atoms with Crippen LogP contribution in [-0.2, 0) is 12.8 Å². The molecule has 2 heteroatoms. The topological polar surface area (TPSA) is 3.24 Å². The minimum Gasteiger partial charge on any atom is -0.306 e. The van der Waals surface area contributed by atoms with Gasteiger partial charge in [0.25, 0.3) is 0 Å². The van der Waals surface area contributed by atoms with Gasteiger partial charge in [-0.2, -0.15) is 0 Å². The van der Waals surface area contributed by atoms with Crippen LogP contribution in [0.5, 0.6) is 0 Å². The van der Waals surface area contributed by atoms with Crippen LogP contribution in [0.3, 0.4) is 0 Å².